The fourth-order valence-corrected chi connectivity index (χ4v) is 10.4. The van der Waals surface area contributed by atoms with Crippen molar-refractivity contribution >= 4 is 42.6 Å². The Morgan fingerprint density at radius 2 is 1.26 bits per heavy atom. The first-order valence-corrected chi connectivity index (χ1v) is 16.1. The van der Waals surface area contributed by atoms with Gasteiger partial charge in [-0.05, 0) is 98.6 Å². The Bertz CT molecular complexity index is 1520. The van der Waals surface area contributed by atoms with Gasteiger partial charge < -0.3 is 14.6 Å². The lowest BCUT2D eigenvalue weighted by molar-refractivity contribution is -0.338. The number of aliphatic carboxylic acids is 1. The van der Waals surface area contributed by atoms with Crippen LogP contribution in [-0.2, 0) is 14.3 Å². The van der Waals surface area contributed by atoms with Gasteiger partial charge in [-0.2, -0.15) is 8.78 Å². The second-order valence-electron chi connectivity index (χ2n) is 12.8. The van der Waals surface area contributed by atoms with Crippen molar-refractivity contribution in [1.82, 2.24) is 0 Å². The minimum absolute atomic E-state index is 0.0594. The first kappa shape index (κ1) is 28.8. The Balaban J connectivity index is 0.000000153. The third kappa shape index (κ3) is 5.10. The Morgan fingerprint density at radius 3 is 1.71 bits per heavy atom. The predicted molar refractivity (Wildman–Crippen MR) is 161 cm³/mol. The van der Waals surface area contributed by atoms with Crippen LogP contribution < -0.4 is 5.11 Å². The highest BCUT2D eigenvalue weighted by Gasteiger charge is 2.57. The number of hydrogen-bond acceptors (Lipinski definition) is 4. The molecule has 42 heavy (non-hydrogen) atoms. The molecule has 0 amide bonds. The number of hydrogen-bond donors (Lipinski definition) is 0. The SMILES string of the molecule is CC(C)C(OC(=O)C12CC3CC(CC(C3)C1)C2)C(F)(F)C(=O)[O-].c1ccc(-[s+]2c3ccccc3c3ccccc32)cc1. The highest BCUT2D eigenvalue weighted by Crippen LogP contribution is 2.60. The summed E-state index contributed by atoms with van der Waals surface area (Å²) in [4.78, 5) is 24.9. The lowest BCUT2D eigenvalue weighted by atomic mass is 9.49. The molecule has 0 radical (unpaired) electrons. The maximum atomic E-state index is 13.9. The largest absolute Gasteiger partial charge is 0.544 e. The third-order valence-corrected chi connectivity index (χ3v) is 11.8. The van der Waals surface area contributed by atoms with Crippen molar-refractivity contribution in [2.45, 2.75) is 64.4 Å². The van der Waals surface area contributed by atoms with E-state index in [1.165, 1.54) is 38.9 Å². The van der Waals surface area contributed by atoms with Gasteiger partial charge in [-0.1, -0.05) is 56.3 Å². The molecule has 4 fully saturated rings. The molecule has 1 unspecified atom stereocenters. The van der Waals surface area contributed by atoms with Crippen molar-refractivity contribution in [3.63, 3.8) is 0 Å². The van der Waals surface area contributed by atoms with Gasteiger partial charge in [0, 0.05) is 21.2 Å². The van der Waals surface area contributed by atoms with Crippen LogP contribution in [0.3, 0.4) is 0 Å². The standard InChI is InChI=1S/C18H13S.C17H24F2O4/c1-2-8-14(9-3-1)19-17-12-6-4-10-15(17)16-11-5-7-13-18(16)19;1-9(2)13(17(18,19)14(20)21)23-15(22)16-6-10-3-11(7-16)5-12(4-10)8-16/h1-13H;9-13H,3-8H2,1-2H3,(H,20,21)/q+1;/p-1. The molecule has 220 valence electrons. The summed E-state index contributed by atoms with van der Waals surface area (Å²) in [5, 5.41) is 13.5. The minimum Gasteiger partial charge on any atom is -0.544 e. The summed E-state index contributed by atoms with van der Waals surface area (Å²) in [6.45, 7) is 2.85. The second kappa shape index (κ2) is 11.1. The van der Waals surface area contributed by atoms with Gasteiger partial charge in [-0.25, -0.2) is 0 Å². The monoisotopic (exact) mass is 590 g/mol. The molecule has 4 aromatic rings. The van der Waals surface area contributed by atoms with Crippen molar-refractivity contribution in [3.05, 3.63) is 78.9 Å². The van der Waals surface area contributed by atoms with E-state index in [9.17, 15) is 23.5 Å². The molecule has 3 aromatic carbocycles. The Morgan fingerprint density at radius 1 is 0.810 bits per heavy atom. The molecule has 0 saturated heterocycles. The maximum absolute atomic E-state index is 13.9. The van der Waals surface area contributed by atoms with Gasteiger partial charge in [-0.15, -0.1) is 0 Å². The minimum atomic E-state index is -4.17. The number of esters is 1. The van der Waals surface area contributed by atoms with Crippen LogP contribution in [-0.4, -0.2) is 24.0 Å². The molecule has 7 heteroatoms. The average Bonchev–Trinajstić information content (AvgIpc) is 3.30. The number of halogens is 2. The lowest BCUT2D eigenvalue weighted by Gasteiger charge is -2.55. The number of thiophene rings is 1. The zero-order valence-corrected chi connectivity index (χ0v) is 24.7. The van der Waals surface area contributed by atoms with E-state index in [0.717, 1.165) is 19.3 Å². The first-order chi connectivity index (χ1) is 20.1. The zero-order chi connectivity index (χ0) is 29.6. The summed E-state index contributed by atoms with van der Waals surface area (Å²) in [5.41, 5.74) is -0.677. The summed E-state index contributed by atoms with van der Waals surface area (Å²) in [7, 11) is 0.0594. The maximum Gasteiger partial charge on any atom is 0.323 e. The van der Waals surface area contributed by atoms with Gasteiger partial charge in [0.15, 0.2) is 20.4 Å². The van der Waals surface area contributed by atoms with Crippen molar-refractivity contribution in [2.75, 3.05) is 0 Å². The van der Waals surface area contributed by atoms with Crippen LogP contribution in [0.2, 0.25) is 0 Å². The average molecular weight is 591 g/mol. The van der Waals surface area contributed by atoms with Gasteiger partial charge in [0.05, 0.1) is 5.41 Å². The van der Waals surface area contributed by atoms with Crippen molar-refractivity contribution in [1.29, 1.82) is 0 Å². The number of benzene rings is 3. The van der Waals surface area contributed by atoms with Crippen LogP contribution in [0.1, 0.15) is 52.4 Å². The van der Waals surface area contributed by atoms with E-state index in [-0.39, 0.29) is 10.5 Å². The molecule has 8 rings (SSSR count). The molecule has 0 spiro atoms. The Hall–Kier alpha value is -3.32. The predicted octanol–water partition coefficient (Wildman–Crippen LogP) is 7.89. The van der Waals surface area contributed by atoms with Gasteiger partial charge in [0.2, 0.25) is 0 Å². The molecule has 4 aliphatic carbocycles. The third-order valence-electron chi connectivity index (χ3n) is 9.42. The molecule has 1 aromatic heterocycles. The number of alkyl halides is 2. The van der Waals surface area contributed by atoms with Gasteiger partial charge in [-0.3, -0.25) is 4.79 Å². The smallest absolute Gasteiger partial charge is 0.323 e. The van der Waals surface area contributed by atoms with E-state index >= 15 is 0 Å². The fraction of sp³-hybridized carbons (Fsp3) is 0.429. The summed E-state index contributed by atoms with van der Waals surface area (Å²) in [6.07, 6.45) is 3.46. The normalized spacial score (nSPS) is 25.3. The number of fused-ring (bicyclic) bond motifs is 3. The highest BCUT2D eigenvalue weighted by molar-refractivity contribution is 7.50. The second-order valence-corrected chi connectivity index (χ2v) is 14.8. The van der Waals surface area contributed by atoms with E-state index in [1.807, 2.05) is 0 Å². The van der Waals surface area contributed by atoms with Crippen LogP contribution in [0, 0.1) is 29.1 Å². The molecular formula is C35H36F2O4S. The van der Waals surface area contributed by atoms with E-state index in [2.05, 4.69) is 78.9 Å². The van der Waals surface area contributed by atoms with Gasteiger partial charge in [0.25, 0.3) is 0 Å². The molecule has 4 aliphatic rings. The summed E-state index contributed by atoms with van der Waals surface area (Å²) in [5.74, 6) is -6.66. The van der Waals surface area contributed by atoms with E-state index in [4.69, 9.17) is 4.74 Å². The molecule has 4 bridgehead atoms. The van der Waals surface area contributed by atoms with Crippen LogP contribution in [0.25, 0.3) is 25.1 Å². The Labute approximate surface area is 247 Å². The topological polar surface area (TPSA) is 66.4 Å². The van der Waals surface area contributed by atoms with Crippen molar-refractivity contribution in [2.24, 2.45) is 29.1 Å². The van der Waals surface area contributed by atoms with Crippen molar-refractivity contribution in [3.8, 4) is 4.90 Å². The van der Waals surface area contributed by atoms with Crippen LogP contribution in [0.5, 0.6) is 0 Å². The number of rotatable bonds is 6. The molecule has 1 heterocycles. The van der Waals surface area contributed by atoms with Crippen LogP contribution in [0.15, 0.2) is 78.9 Å². The first-order valence-electron chi connectivity index (χ1n) is 14.9. The summed E-state index contributed by atoms with van der Waals surface area (Å²) >= 11 is 0. The number of carboxylic acid groups (broad SMARTS) is 1. The highest BCUT2D eigenvalue weighted by atomic mass is 32.2. The van der Waals surface area contributed by atoms with Gasteiger partial charge >= 0.3 is 11.9 Å². The fourth-order valence-electron chi connectivity index (χ4n) is 8.01. The zero-order valence-electron chi connectivity index (χ0n) is 23.9. The summed E-state index contributed by atoms with van der Waals surface area (Å²) in [6, 6.07) is 28.4. The number of carboxylic acids is 1. The molecule has 1 atom stereocenters. The molecule has 0 N–H and O–H groups in total. The summed E-state index contributed by atoms with van der Waals surface area (Å²) < 4.78 is 35.7. The van der Waals surface area contributed by atoms with Gasteiger partial charge in [0.1, 0.15) is 5.97 Å². The van der Waals surface area contributed by atoms with E-state index < -0.39 is 35.3 Å². The van der Waals surface area contributed by atoms with E-state index in [1.54, 1.807) is 0 Å². The quantitative estimate of drug-likeness (QED) is 0.169. The number of ether oxygens (including phenoxy) is 1. The number of carbonyl (C=O) groups is 2. The molecule has 4 saturated carbocycles. The molecule has 0 aliphatic heterocycles. The van der Waals surface area contributed by atoms with Crippen LogP contribution >= 0.6 is 10.5 Å². The Kier molecular flexibility index (Phi) is 7.58. The molecule has 4 nitrogen and oxygen atoms in total. The van der Waals surface area contributed by atoms with Crippen molar-refractivity contribution < 1.29 is 28.2 Å². The number of carbonyl (C=O) groups excluding carboxylic acids is 2. The molecular weight excluding hydrogens is 554 g/mol. The van der Waals surface area contributed by atoms with Crippen LogP contribution in [0.4, 0.5) is 8.78 Å². The van der Waals surface area contributed by atoms with E-state index in [0.29, 0.717) is 37.0 Å². The lowest BCUT2D eigenvalue weighted by Crippen LogP contribution is -2.56.